The second kappa shape index (κ2) is 18.3. The summed E-state index contributed by atoms with van der Waals surface area (Å²) in [5.41, 5.74) is 8.14. The SMILES string of the molecule is C.CN(C)C(=O)Cc1ccnc2nc(-c3ccc(OCc4ccccc4)cc3)[nH]c12.O=C(O)Cc1ccnc2nc(-c3ccc(OCc4ccccc4)cc3)[nH]c12. The fraction of sp³-hybridized carbons (Fsp3) is 0.156. The maximum absolute atomic E-state index is 12.1. The van der Waals surface area contributed by atoms with Crippen LogP contribution in [0.4, 0.5) is 0 Å². The van der Waals surface area contributed by atoms with Crippen molar-refractivity contribution in [2.75, 3.05) is 14.1 Å². The van der Waals surface area contributed by atoms with Crippen molar-refractivity contribution in [3.63, 3.8) is 0 Å². The smallest absolute Gasteiger partial charge is 0.307 e. The number of aromatic nitrogens is 6. The lowest BCUT2D eigenvalue weighted by molar-refractivity contribution is -0.136. The van der Waals surface area contributed by atoms with Crippen LogP contribution < -0.4 is 9.47 Å². The monoisotopic (exact) mass is 761 g/mol. The first-order chi connectivity index (χ1) is 27.3. The molecule has 0 spiro atoms. The lowest BCUT2D eigenvalue weighted by Crippen LogP contribution is -2.23. The summed E-state index contributed by atoms with van der Waals surface area (Å²) in [6.45, 7) is 1.03. The number of aliphatic carboxylic acids is 1. The number of ether oxygens (including phenoxy) is 2. The summed E-state index contributed by atoms with van der Waals surface area (Å²) in [6.07, 6.45) is 3.49. The summed E-state index contributed by atoms with van der Waals surface area (Å²) < 4.78 is 11.6. The Morgan fingerprint density at radius 1 is 0.596 bits per heavy atom. The lowest BCUT2D eigenvalue weighted by Gasteiger charge is -2.10. The van der Waals surface area contributed by atoms with E-state index in [9.17, 15) is 9.59 Å². The number of nitrogens with zero attached hydrogens (tertiary/aromatic N) is 5. The first-order valence-electron chi connectivity index (χ1n) is 17.9. The Morgan fingerprint density at radius 3 is 1.42 bits per heavy atom. The van der Waals surface area contributed by atoms with Crippen LogP contribution in [0, 0.1) is 0 Å². The average molecular weight is 762 g/mol. The van der Waals surface area contributed by atoms with Gasteiger partial charge in [-0.25, -0.2) is 19.9 Å². The topological polar surface area (TPSA) is 159 Å². The number of imidazole rings is 2. The fourth-order valence-corrected chi connectivity index (χ4v) is 5.88. The molecule has 4 aromatic carbocycles. The molecule has 0 aliphatic heterocycles. The van der Waals surface area contributed by atoms with E-state index >= 15 is 0 Å². The second-order valence-corrected chi connectivity index (χ2v) is 13.1. The van der Waals surface area contributed by atoms with Gasteiger partial charge in [-0.3, -0.25) is 9.59 Å². The molecule has 0 aliphatic rings. The zero-order chi connectivity index (χ0) is 38.9. The molecule has 0 saturated carbocycles. The zero-order valence-electron chi connectivity index (χ0n) is 30.8. The highest BCUT2D eigenvalue weighted by atomic mass is 16.5. The number of carbonyl (C=O) groups excluding carboxylic acids is 1. The molecule has 0 atom stereocenters. The molecule has 12 heteroatoms. The first-order valence-corrected chi connectivity index (χ1v) is 17.9. The van der Waals surface area contributed by atoms with Crippen LogP contribution in [0.2, 0.25) is 0 Å². The molecule has 57 heavy (non-hydrogen) atoms. The van der Waals surface area contributed by atoms with Crippen LogP contribution in [-0.4, -0.2) is 65.9 Å². The number of nitrogens with one attached hydrogen (secondary N) is 2. The summed E-state index contributed by atoms with van der Waals surface area (Å²) in [5.74, 6) is 2.07. The van der Waals surface area contributed by atoms with Crippen molar-refractivity contribution in [1.29, 1.82) is 0 Å². The summed E-state index contributed by atoms with van der Waals surface area (Å²) >= 11 is 0. The van der Waals surface area contributed by atoms with Gasteiger partial charge in [-0.05, 0) is 82.9 Å². The highest BCUT2D eigenvalue weighted by Gasteiger charge is 2.15. The number of benzene rings is 4. The molecule has 8 aromatic rings. The van der Waals surface area contributed by atoms with E-state index in [1.54, 1.807) is 37.5 Å². The number of pyridine rings is 2. The minimum Gasteiger partial charge on any atom is -0.489 e. The van der Waals surface area contributed by atoms with Crippen molar-refractivity contribution >= 4 is 34.2 Å². The molecule has 4 heterocycles. The minimum atomic E-state index is -0.890. The third-order valence-corrected chi connectivity index (χ3v) is 8.89. The number of likely N-dealkylation sites (N-methyl/N-ethyl adjacent to an activating group) is 1. The number of carboxylic acids is 1. The van der Waals surface area contributed by atoms with Gasteiger partial charge >= 0.3 is 5.97 Å². The Morgan fingerprint density at radius 2 is 1.02 bits per heavy atom. The van der Waals surface area contributed by atoms with E-state index in [1.165, 1.54) is 0 Å². The summed E-state index contributed by atoms with van der Waals surface area (Å²) in [7, 11) is 3.50. The van der Waals surface area contributed by atoms with Gasteiger partial charge in [0.05, 0.1) is 23.9 Å². The highest BCUT2D eigenvalue weighted by Crippen LogP contribution is 2.26. The van der Waals surface area contributed by atoms with Gasteiger partial charge in [0.1, 0.15) is 36.4 Å². The number of hydrogen-bond acceptors (Lipinski definition) is 8. The Balaban J connectivity index is 0.000000190. The van der Waals surface area contributed by atoms with Gasteiger partial charge in [0, 0.05) is 37.6 Å². The predicted molar refractivity (Wildman–Crippen MR) is 221 cm³/mol. The molecule has 0 radical (unpaired) electrons. The van der Waals surface area contributed by atoms with Crippen LogP contribution in [0.1, 0.15) is 29.7 Å². The van der Waals surface area contributed by atoms with Crippen LogP contribution in [0.25, 0.3) is 45.1 Å². The number of fused-ring (bicyclic) bond motifs is 2. The van der Waals surface area contributed by atoms with Gasteiger partial charge in [-0.1, -0.05) is 68.1 Å². The third-order valence-electron chi connectivity index (χ3n) is 8.89. The third kappa shape index (κ3) is 10.1. The Kier molecular flexibility index (Phi) is 12.7. The second-order valence-electron chi connectivity index (χ2n) is 13.1. The summed E-state index contributed by atoms with van der Waals surface area (Å²) in [4.78, 5) is 48.8. The Labute approximate surface area is 330 Å². The molecular weight excluding hydrogens is 719 g/mol. The van der Waals surface area contributed by atoms with Gasteiger partial charge < -0.3 is 29.4 Å². The quantitative estimate of drug-likeness (QED) is 0.111. The van der Waals surface area contributed by atoms with E-state index < -0.39 is 5.97 Å². The van der Waals surface area contributed by atoms with Crippen LogP contribution in [0.15, 0.2) is 134 Å². The van der Waals surface area contributed by atoms with Crippen molar-refractivity contribution < 1.29 is 24.2 Å². The Bertz CT molecular complexity index is 2550. The van der Waals surface area contributed by atoms with Gasteiger partial charge in [0.2, 0.25) is 5.91 Å². The van der Waals surface area contributed by atoms with E-state index in [0.29, 0.717) is 53.7 Å². The lowest BCUT2D eigenvalue weighted by atomic mass is 10.1. The Hall–Kier alpha value is -7.34. The largest absolute Gasteiger partial charge is 0.489 e. The normalized spacial score (nSPS) is 10.6. The van der Waals surface area contributed by atoms with Crippen molar-refractivity contribution in [1.82, 2.24) is 34.8 Å². The van der Waals surface area contributed by atoms with Crippen molar-refractivity contribution in [3.05, 3.63) is 156 Å². The minimum absolute atomic E-state index is 0. The molecule has 12 nitrogen and oxygen atoms in total. The number of hydrogen-bond donors (Lipinski definition) is 3. The molecule has 0 unspecified atom stereocenters. The van der Waals surface area contributed by atoms with Gasteiger partial charge in [0.25, 0.3) is 0 Å². The molecule has 0 bridgehead atoms. The van der Waals surface area contributed by atoms with Gasteiger partial charge in [-0.2, -0.15) is 0 Å². The predicted octanol–water partition coefficient (Wildman–Crippen LogP) is 8.30. The van der Waals surface area contributed by atoms with Crippen LogP contribution >= 0.6 is 0 Å². The van der Waals surface area contributed by atoms with Crippen molar-refractivity contribution in [2.24, 2.45) is 0 Å². The molecule has 0 aliphatic carbocycles. The molecule has 4 aromatic heterocycles. The zero-order valence-corrected chi connectivity index (χ0v) is 30.8. The van der Waals surface area contributed by atoms with Crippen molar-refractivity contribution in [2.45, 2.75) is 33.5 Å². The number of rotatable bonds is 12. The van der Waals surface area contributed by atoms with Crippen LogP contribution in [0.3, 0.4) is 0 Å². The molecular formula is C45H43N7O5. The molecule has 8 rings (SSSR count). The van der Waals surface area contributed by atoms with E-state index in [2.05, 4.69) is 29.9 Å². The van der Waals surface area contributed by atoms with Crippen molar-refractivity contribution in [3.8, 4) is 34.3 Å². The van der Waals surface area contributed by atoms with E-state index in [0.717, 1.165) is 44.8 Å². The summed E-state index contributed by atoms with van der Waals surface area (Å²) in [5, 5.41) is 9.05. The van der Waals surface area contributed by atoms with E-state index in [1.807, 2.05) is 115 Å². The standard InChI is InChI=1S/C23H22N4O2.C21H17N3O3.CH4/c1-27(2)20(28)14-18-12-13-24-23-21(18)25-22(26-23)17-8-10-19(11-9-17)29-15-16-6-4-3-5-7-16;25-18(26)12-16-10-11-22-21-19(16)23-20(24-21)15-6-8-17(9-7-15)27-13-14-4-2-1-3-5-14;/h3-13H,14-15H2,1-2H3,(H,24,25,26);1-11H,12-13H2,(H,25,26)(H,22,23,24);1H4. The number of carboxylic acid groups (broad SMARTS) is 1. The average Bonchev–Trinajstić information content (AvgIpc) is 3.87. The van der Waals surface area contributed by atoms with Gasteiger partial charge in [0.15, 0.2) is 11.3 Å². The van der Waals surface area contributed by atoms with Crippen LogP contribution in [-0.2, 0) is 35.6 Å². The highest BCUT2D eigenvalue weighted by molar-refractivity contribution is 5.86. The number of carbonyl (C=O) groups is 2. The maximum Gasteiger partial charge on any atom is 0.307 e. The van der Waals surface area contributed by atoms with Crippen LogP contribution in [0.5, 0.6) is 11.5 Å². The molecule has 0 fully saturated rings. The number of H-pyrrole nitrogens is 2. The first kappa shape index (κ1) is 39.4. The van der Waals surface area contributed by atoms with E-state index in [-0.39, 0.29) is 19.8 Å². The molecule has 1 amide bonds. The summed E-state index contributed by atoms with van der Waals surface area (Å²) in [6, 6.07) is 38.9. The van der Waals surface area contributed by atoms with Gasteiger partial charge in [-0.15, -0.1) is 0 Å². The molecule has 3 N–H and O–H groups in total. The molecule has 0 saturated heterocycles. The van der Waals surface area contributed by atoms with E-state index in [4.69, 9.17) is 14.6 Å². The number of amides is 1. The number of aromatic amines is 2. The molecule has 288 valence electrons. The fourth-order valence-electron chi connectivity index (χ4n) is 5.88. The maximum atomic E-state index is 12.1.